The number of benzene rings is 1. The highest BCUT2D eigenvalue weighted by molar-refractivity contribution is 7.16. The lowest BCUT2D eigenvalue weighted by Crippen LogP contribution is -1.97. The first-order valence-electron chi connectivity index (χ1n) is 5.23. The minimum Gasteiger partial charge on any atom is -0.380 e. The van der Waals surface area contributed by atoms with Crippen molar-refractivity contribution in [1.82, 2.24) is 10.2 Å². The van der Waals surface area contributed by atoms with Crippen LogP contribution in [0.1, 0.15) is 4.88 Å². The van der Waals surface area contributed by atoms with Crippen LogP contribution in [0.4, 0.5) is 5.69 Å². The Labute approximate surface area is 107 Å². The van der Waals surface area contributed by atoms with Crippen molar-refractivity contribution in [3.63, 3.8) is 0 Å². The zero-order chi connectivity index (χ0) is 11.7. The van der Waals surface area contributed by atoms with Crippen LogP contribution in [0.2, 0.25) is 4.34 Å². The molecule has 0 fully saturated rings. The van der Waals surface area contributed by atoms with Crippen LogP contribution in [0, 0.1) is 0 Å². The number of aromatic nitrogens is 2. The molecule has 2 aromatic heterocycles. The van der Waals surface area contributed by atoms with Gasteiger partial charge < -0.3 is 5.32 Å². The van der Waals surface area contributed by atoms with Crippen molar-refractivity contribution in [2.75, 3.05) is 5.32 Å². The van der Waals surface area contributed by atoms with Crippen LogP contribution in [0.5, 0.6) is 0 Å². The fraction of sp³-hybridized carbons (Fsp3) is 0.0833. The Bertz CT molecular complexity index is 644. The normalized spacial score (nSPS) is 10.9. The summed E-state index contributed by atoms with van der Waals surface area (Å²) in [7, 11) is 0. The molecule has 2 N–H and O–H groups in total. The van der Waals surface area contributed by atoms with Crippen molar-refractivity contribution in [3.05, 3.63) is 45.7 Å². The monoisotopic (exact) mass is 263 g/mol. The predicted octanol–water partition coefficient (Wildman–Crippen LogP) is 3.89. The first-order chi connectivity index (χ1) is 8.33. The van der Waals surface area contributed by atoms with Crippen LogP contribution < -0.4 is 5.32 Å². The predicted molar refractivity (Wildman–Crippen MR) is 72.7 cm³/mol. The summed E-state index contributed by atoms with van der Waals surface area (Å²) in [5.41, 5.74) is 2.12. The Morgan fingerprint density at radius 2 is 2.24 bits per heavy atom. The van der Waals surface area contributed by atoms with E-state index in [1.807, 2.05) is 36.5 Å². The summed E-state index contributed by atoms with van der Waals surface area (Å²) in [5.74, 6) is 0. The van der Waals surface area contributed by atoms with E-state index in [2.05, 4.69) is 15.5 Å². The molecule has 3 aromatic rings. The summed E-state index contributed by atoms with van der Waals surface area (Å²) in [6, 6.07) is 10.0. The summed E-state index contributed by atoms with van der Waals surface area (Å²) in [4.78, 5) is 1.22. The van der Waals surface area contributed by atoms with Gasteiger partial charge in [-0.3, -0.25) is 5.10 Å². The van der Waals surface area contributed by atoms with E-state index >= 15 is 0 Å². The molecule has 0 atom stereocenters. The minimum absolute atomic E-state index is 0.779. The Morgan fingerprint density at radius 1 is 1.29 bits per heavy atom. The molecule has 86 valence electrons. The number of nitrogens with one attached hydrogen (secondary N) is 2. The average molecular weight is 264 g/mol. The number of hydrogen-bond acceptors (Lipinski definition) is 3. The van der Waals surface area contributed by atoms with Crippen molar-refractivity contribution < 1.29 is 0 Å². The van der Waals surface area contributed by atoms with Gasteiger partial charge in [0.2, 0.25) is 0 Å². The number of H-pyrrole nitrogens is 1. The summed E-state index contributed by atoms with van der Waals surface area (Å²) in [6.45, 7) is 0.779. The number of thiophene rings is 1. The third kappa shape index (κ3) is 2.14. The molecule has 2 heterocycles. The van der Waals surface area contributed by atoms with E-state index in [-0.39, 0.29) is 0 Å². The lowest BCUT2D eigenvalue weighted by molar-refractivity contribution is 1.12. The second kappa shape index (κ2) is 4.39. The van der Waals surface area contributed by atoms with Gasteiger partial charge in [-0.15, -0.1) is 11.3 Å². The van der Waals surface area contributed by atoms with Crippen molar-refractivity contribution in [3.8, 4) is 0 Å². The molecule has 0 unspecified atom stereocenters. The zero-order valence-corrected chi connectivity index (χ0v) is 10.5. The molecule has 0 spiro atoms. The molecular formula is C12H10ClN3S. The SMILES string of the molecule is Clc1ccc(CNc2cccc3[nH]ncc23)s1. The Hall–Kier alpha value is -1.52. The van der Waals surface area contributed by atoms with Gasteiger partial charge in [-0.1, -0.05) is 17.7 Å². The van der Waals surface area contributed by atoms with Gasteiger partial charge in [0.25, 0.3) is 0 Å². The van der Waals surface area contributed by atoms with E-state index in [0.717, 1.165) is 27.5 Å². The third-order valence-electron chi connectivity index (χ3n) is 2.57. The van der Waals surface area contributed by atoms with E-state index in [9.17, 15) is 0 Å². The van der Waals surface area contributed by atoms with Crippen molar-refractivity contribution >= 4 is 39.5 Å². The lowest BCUT2D eigenvalue weighted by atomic mass is 10.2. The van der Waals surface area contributed by atoms with Gasteiger partial charge in [-0.05, 0) is 24.3 Å². The van der Waals surface area contributed by atoms with Gasteiger partial charge in [0.05, 0.1) is 16.0 Å². The van der Waals surface area contributed by atoms with Gasteiger partial charge in [0.1, 0.15) is 0 Å². The highest BCUT2D eigenvalue weighted by atomic mass is 35.5. The molecule has 0 aliphatic heterocycles. The van der Waals surface area contributed by atoms with Gasteiger partial charge in [-0.25, -0.2) is 0 Å². The van der Waals surface area contributed by atoms with Gasteiger partial charge in [0.15, 0.2) is 0 Å². The molecular weight excluding hydrogens is 254 g/mol. The third-order valence-corrected chi connectivity index (χ3v) is 3.80. The summed E-state index contributed by atoms with van der Waals surface area (Å²) in [6.07, 6.45) is 1.83. The standard InChI is InChI=1S/C12H10ClN3S/c13-12-5-4-8(17-12)6-14-10-2-1-3-11-9(10)7-15-16-11/h1-5,7,14H,6H2,(H,15,16). The Kier molecular flexibility index (Phi) is 2.74. The number of fused-ring (bicyclic) bond motifs is 1. The fourth-order valence-corrected chi connectivity index (χ4v) is 2.78. The number of nitrogens with zero attached hydrogens (tertiary/aromatic N) is 1. The van der Waals surface area contributed by atoms with Crippen molar-refractivity contribution in [2.45, 2.75) is 6.54 Å². The molecule has 0 saturated heterocycles. The van der Waals surface area contributed by atoms with E-state index < -0.39 is 0 Å². The van der Waals surface area contributed by atoms with Gasteiger partial charge in [0, 0.05) is 22.5 Å². The molecule has 0 aliphatic rings. The number of halogens is 1. The molecule has 0 amide bonds. The molecule has 0 bridgehead atoms. The first kappa shape index (κ1) is 10.6. The van der Waals surface area contributed by atoms with Crippen LogP contribution in [-0.2, 0) is 6.54 Å². The molecule has 3 rings (SSSR count). The van der Waals surface area contributed by atoms with E-state index in [1.54, 1.807) is 11.3 Å². The highest BCUT2D eigenvalue weighted by Gasteiger charge is 2.03. The minimum atomic E-state index is 0.779. The van der Waals surface area contributed by atoms with Crippen LogP contribution in [0.25, 0.3) is 10.9 Å². The second-order valence-corrected chi connectivity index (χ2v) is 5.50. The molecule has 0 aliphatic carbocycles. The van der Waals surface area contributed by atoms with Crippen molar-refractivity contribution in [1.29, 1.82) is 0 Å². The fourth-order valence-electron chi connectivity index (χ4n) is 1.75. The van der Waals surface area contributed by atoms with E-state index in [1.165, 1.54) is 4.88 Å². The zero-order valence-electron chi connectivity index (χ0n) is 8.90. The second-order valence-electron chi connectivity index (χ2n) is 3.70. The van der Waals surface area contributed by atoms with E-state index in [0.29, 0.717) is 0 Å². The summed E-state index contributed by atoms with van der Waals surface area (Å²) in [5, 5.41) is 11.5. The maximum atomic E-state index is 5.90. The van der Waals surface area contributed by atoms with Crippen molar-refractivity contribution in [2.24, 2.45) is 0 Å². The molecule has 17 heavy (non-hydrogen) atoms. The van der Waals surface area contributed by atoms with E-state index in [4.69, 9.17) is 11.6 Å². The number of anilines is 1. The number of rotatable bonds is 3. The summed E-state index contributed by atoms with van der Waals surface area (Å²) >= 11 is 7.49. The molecule has 3 nitrogen and oxygen atoms in total. The number of hydrogen-bond donors (Lipinski definition) is 2. The first-order valence-corrected chi connectivity index (χ1v) is 6.42. The van der Waals surface area contributed by atoms with Crippen LogP contribution in [-0.4, -0.2) is 10.2 Å². The lowest BCUT2D eigenvalue weighted by Gasteiger charge is -2.05. The maximum Gasteiger partial charge on any atom is 0.0931 e. The highest BCUT2D eigenvalue weighted by Crippen LogP contribution is 2.25. The molecule has 0 saturated carbocycles. The topological polar surface area (TPSA) is 40.7 Å². The quantitative estimate of drug-likeness (QED) is 0.753. The molecule has 5 heteroatoms. The summed E-state index contributed by atoms with van der Waals surface area (Å²) < 4.78 is 0.823. The Balaban J connectivity index is 1.83. The maximum absolute atomic E-state index is 5.90. The largest absolute Gasteiger partial charge is 0.380 e. The van der Waals surface area contributed by atoms with Crippen LogP contribution >= 0.6 is 22.9 Å². The van der Waals surface area contributed by atoms with Gasteiger partial charge in [-0.2, -0.15) is 5.10 Å². The molecule has 1 aromatic carbocycles. The van der Waals surface area contributed by atoms with Crippen LogP contribution in [0.15, 0.2) is 36.5 Å². The molecule has 0 radical (unpaired) electrons. The smallest absolute Gasteiger partial charge is 0.0931 e. The Morgan fingerprint density at radius 3 is 3.06 bits per heavy atom. The number of aromatic amines is 1. The van der Waals surface area contributed by atoms with Crippen LogP contribution in [0.3, 0.4) is 0 Å². The average Bonchev–Trinajstić information content (AvgIpc) is 2.94. The van der Waals surface area contributed by atoms with Gasteiger partial charge >= 0.3 is 0 Å².